The maximum Gasteiger partial charge on any atom is 0.248 e. The van der Waals surface area contributed by atoms with Gasteiger partial charge in [0.15, 0.2) is 0 Å². The van der Waals surface area contributed by atoms with Gasteiger partial charge in [-0.25, -0.2) is 0 Å². The first kappa shape index (κ1) is 23.8. The summed E-state index contributed by atoms with van der Waals surface area (Å²) in [4.78, 5) is 12.5. The van der Waals surface area contributed by atoms with Gasteiger partial charge in [0, 0.05) is 11.8 Å². The summed E-state index contributed by atoms with van der Waals surface area (Å²) in [5.41, 5.74) is 4.55. The Kier molecular flexibility index (Phi) is 7.47. The Balaban J connectivity index is 1.62. The van der Waals surface area contributed by atoms with E-state index in [4.69, 9.17) is 0 Å². The lowest BCUT2D eigenvalue weighted by Gasteiger charge is -2.55. The number of carbonyl (C=O) groups excluding carboxylic acids is 1. The zero-order chi connectivity index (χ0) is 22.8. The molecule has 170 valence electrons. The largest absolute Gasteiger partial charge is 0.393 e. The van der Waals surface area contributed by atoms with Crippen molar-refractivity contribution in [3.05, 3.63) is 53.6 Å². The van der Waals surface area contributed by atoms with E-state index in [9.17, 15) is 9.90 Å². The summed E-state index contributed by atoms with van der Waals surface area (Å²) in [7, 11) is 0. The van der Waals surface area contributed by atoms with Crippen molar-refractivity contribution in [3.8, 4) is 0 Å². The van der Waals surface area contributed by atoms with Gasteiger partial charge in [0.2, 0.25) is 5.91 Å². The number of allylic oxidation sites excluding steroid dienone is 2. The number of nitrogens with one attached hydrogen (secondary N) is 1. The molecule has 1 aromatic carbocycles. The van der Waals surface area contributed by atoms with Crippen molar-refractivity contribution in [2.45, 2.75) is 79.2 Å². The molecule has 1 amide bonds. The second-order valence-electron chi connectivity index (χ2n) is 10.6. The van der Waals surface area contributed by atoms with Gasteiger partial charge < -0.3 is 10.4 Å². The topological polar surface area (TPSA) is 49.3 Å². The van der Waals surface area contributed by atoms with Crippen molar-refractivity contribution in [1.82, 2.24) is 0 Å². The number of aliphatic hydroxyl groups is 1. The van der Waals surface area contributed by atoms with Gasteiger partial charge in [-0.3, -0.25) is 4.79 Å². The Morgan fingerprint density at radius 1 is 1.29 bits per heavy atom. The van der Waals surface area contributed by atoms with E-state index in [-0.39, 0.29) is 17.4 Å². The van der Waals surface area contributed by atoms with Crippen LogP contribution in [0.25, 0.3) is 0 Å². The van der Waals surface area contributed by atoms with E-state index in [2.05, 4.69) is 58.6 Å². The van der Waals surface area contributed by atoms with Crippen LogP contribution in [0.5, 0.6) is 0 Å². The molecule has 2 saturated carbocycles. The van der Waals surface area contributed by atoms with E-state index >= 15 is 0 Å². The molecule has 31 heavy (non-hydrogen) atoms. The van der Waals surface area contributed by atoms with Gasteiger partial charge in [-0.2, -0.15) is 0 Å². The molecule has 0 spiro atoms. The molecular weight excluding hydrogens is 382 g/mol. The second kappa shape index (κ2) is 9.73. The predicted molar refractivity (Wildman–Crippen MR) is 130 cm³/mol. The van der Waals surface area contributed by atoms with Crippen molar-refractivity contribution in [1.29, 1.82) is 0 Å². The molecule has 3 rings (SSSR count). The molecule has 5 unspecified atom stereocenters. The molecule has 0 radical (unpaired) electrons. The van der Waals surface area contributed by atoms with Crippen LogP contribution >= 0.6 is 0 Å². The molecule has 0 bridgehead atoms. The fourth-order valence-electron chi connectivity index (χ4n) is 6.07. The predicted octanol–water partition coefficient (Wildman–Crippen LogP) is 6.54. The molecule has 5 atom stereocenters. The number of aryl methyl sites for hydroxylation is 1. The van der Waals surface area contributed by atoms with E-state index in [1.807, 2.05) is 12.1 Å². The molecule has 0 aromatic heterocycles. The van der Waals surface area contributed by atoms with Crippen LogP contribution in [0.1, 0.15) is 72.3 Å². The summed E-state index contributed by atoms with van der Waals surface area (Å²) in [5, 5.41) is 13.7. The highest BCUT2D eigenvalue weighted by atomic mass is 16.3. The second-order valence-corrected chi connectivity index (χ2v) is 10.6. The van der Waals surface area contributed by atoms with Crippen LogP contribution in [-0.2, 0) is 11.2 Å². The minimum atomic E-state index is -0.215. The van der Waals surface area contributed by atoms with Gasteiger partial charge in [-0.1, -0.05) is 57.6 Å². The SMILES string of the molecule is C=C1CCC2C(C(C)CC(O)C2(C)C)C1CCC(C)=CC(=O)Nc1ccc(CC)cc1. The van der Waals surface area contributed by atoms with Crippen LogP contribution < -0.4 is 5.32 Å². The van der Waals surface area contributed by atoms with Crippen LogP contribution in [-0.4, -0.2) is 17.1 Å². The lowest BCUT2D eigenvalue weighted by atomic mass is 9.50. The molecule has 2 aliphatic carbocycles. The standard InChI is InChI=1S/C28H41NO2/c1-7-21-10-12-22(13-11-21)29-26(31)16-18(2)8-14-23-19(3)9-15-24-27(23)20(4)17-25(30)28(24,5)6/h10-13,16,20,23-25,27,30H,3,7-9,14-15,17H2,1-2,4-6H3,(H,29,31). The van der Waals surface area contributed by atoms with Gasteiger partial charge in [-0.15, -0.1) is 0 Å². The molecule has 0 aliphatic heterocycles. The number of fused-ring (bicyclic) bond motifs is 1. The fraction of sp³-hybridized carbons (Fsp3) is 0.607. The minimum absolute atomic E-state index is 0.0335. The molecule has 1 aromatic rings. The Hall–Kier alpha value is -1.87. The monoisotopic (exact) mass is 423 g/mol. The molecule has 0 saturated heterocycles. The van der Waals surface area contributed by atoms with E-state index < -0.39 is 0 Å². The van der Waals surface area contributed by atoms with Gasteiger partial charge >= 0.3 is 0 Å². The van der Waals surface area contributed by atoms with Gasteiger partial charge in [0.05, 0.1) is 6.10 Å². The zero-order valence-corrected chi connectivity index (χ0v) is 20.1. The molecule has 3 heteroatoms. The average molecular weight is 424 g/mol. The third kappa shape index (κ3) is 5.31. The fourth-order valence-corrected chi connectivity index (χ4v) is 6.07. The van der Waals surface area contributed by atoms with Crippen molar-refractivity contribution in [2.75, 3.05) is 5.32 Å². The Morgan fingerprint density at radius 3 is 2.61 bits per heavy atom. The van der Waals surface area contributed by atoms with E-state index in [1.54, 1.807) is 6.08 Å². The maximum atomic E-state index is 12.5. The molecule has 2 N–H and O–H groups in total. The highest BCUT2D eigenvalue weighted by molar-refractivity contribution is 5.99. The number of rotatable bonds is 6. The Labute approximate surface area is 189 Å². The third-order valence-corrected chi connectivity index (χ3v) is 8.15. The van der Waals surface area contributed by atoms with Crippen LogP contribution in [0.4, 0.5) is 5.69 Å². The first-order valence-electron chi connectivity index (χ1n) is 12.1. The molecule has 0 heterocycles. The van der Waals surface area contributed by atoms with Gasteiger partial charge in [0.1, 0.15) is 0 Å². The quantitative estimate of drug-likeness (QED) is 0.403. The summed E-state index contributed by atoms with van der Waals surface area (Å²) in [6, 6.07) is 8.04. The first-order chi connectivity index (χ1) is 14.6. The molecule has 2 aliphatic rings. The van der Waals surface area contributed by atoms with E-state index in [0.717, 1.165) is 49.8 Å². The number of amides is 1. The number of hydrogen-bond acceptors (Lipinski definition) is 2. The minimum Gasteiger partial charge on any atom is -0.393 e. The van der Waals surface area contributed by atoms with Crippen LogP contribution in [0.2, 0.25) is 0 Å². The first-order valence-corrected chi connectivity index (χ1v) is 12.1. The number of carbonyl (C=O) groups is 1. The lowest BCUT2D eigenvalue weighted by molar-refractivity contribution is -0.112. The molecule has 2 fully saturated rings. The summed E-state index contributed by atoms with van der Waals surface area (Å²) in [6.45, 7) is 15.4. The highest BCUT2D eigenvalue weighted by Gasteiger charge is 2.51. The molecular formula is C28H41NO2. The van der Waals surface area contributed by atoms with Crippen molar-refractivity contribution in [2.24, 2.45) is 29.1 Å². The van der Waals surface area contributed by atoms with E-state index in [1.165, 1.54) is 11.1 Å². The smallest absolute Gasteiger partial charge is 0.248 e. The maximum absolute atomic E-state index is 12.5. The van der Waals surface area contributed by atoms with Crippen molar-refractivity contribution in [3.63, 3.8) is 0 Å². The van der Waals surface area contributed by atoms with Gasteiger partial charge in [-0.05, 0) is 92.2 Å². The number of benzene rings is 1. The summed E-state index contributed by atoms with van der Waals surface area (Å²) in [5.74, 6) is 2.05. The van der Waals surface area contributed by atoms with Gasteiger partial charge in [0.25, 0.3) is 0 Å². The van der Waals surface area contributed by atoms with Crippen molar-refractivity contribution < 1.29 is 9.90 Å². The lowest BCUT2D eigenvalue weighted by Crippen LogP contribution is -2.52. The number of aliphatic hydroxyl groups excluding tert-OH is 1. The normalized spacial score (nSPS) is 30.6. The van der Waals surface area contributed by atoms with Crippen LogP contribution in [0.15, 0.2) is 48.1 Å². The van der Waals surface area contributed by atoms with Crippen LogP contribution in [0.3, 0.4) is 0 Å². The average Bonchev–Trinajstić information content (AvgIpc) is 2.71. The Bertz CT molecular complexity index is 820. The molecule has 3 nitrogen and oxygen atoms in total. The summed E-state index contributed by atoms with van der Waals surface area (Å²) >= 11 is 0. The van der Waals surface area contributed by atoms with Crippen molar-refractivity contribution >= 4 is 11.6 Å². The third-order valence-electron chi connectivity index (χ3n) is 8.15. The summed E-state index contributed by atoms with van der Waals surface area (Å²) in [6.07, 6.45) is 7.56. The highest BCUT2D eigenvalue weighted by Crippen LogP contribution is 2.56. The summed E-state index contributed by atoms with van der Waals surface area (Å²) < 4.78 is 0. The number of anilines is 1. The van der Waals surface area contributed by atoms with Crippen LogP contribution in [0, 0.1) is 29.1 Å². The Morgan fingerprint density at radius 2 is 1.97 bits per heavy atom. The van der Waals surface area contributed by atoms with E-state index in [0.29, 0.717) is 23.7 Å². The zero-order valence-electron chi connectivity index (χ0n) is 20.1. The number of hydrogen-bond donors (Lipinski definition) is 2.